The lowest BCUT2D eigenvalue weighted by atomic mass is 9.89. The van der Waals surface area contributed by atoms with E-state index in [-0.39, 0.29) is 30.7 Å². The van der Waals surface area contributed by atoms with Gasteiger partial charge in [0.05, 0.1) is 19.0 Å². The van der Waals surface area contributed by atoms with Crippen molar-refractivity contribution in [2.45, 2.75) is 70.3 Å². The topological polar surface area (TPSA) is 90.5 Å². The number of hydrogen-bond donors (Lipinski definition) is 3. The molecular formula is C28H32F4N4O3. The molecule has 2 fully saturated rings. The van der Waals surface area contributed by atoms with Gasteiger partial charge >= 0.3 is 6.18 Å². The molecular weight excluding hydrogens is 516 g/mol. The van der Waals surface area contributed by atoms with Crippen LogP contribution in [-0.2, 0) is 16.0 Å². The number of aryl methyl sites for hydroxylation is 1. The Hall–Kier alpha value is -3.47. The van der Waals surface area contributed by atoms with E-state index in [4.69, 9.17) is 0 Å². The van der Waals surface area contributed by atoms with Gasteiger partial charge in [0, 0.05) is 23.6 Å². The van der Waals surface area contributed by atoms with E-state index in [9.17, 15) is 31.9 Å². The molecule has 3 amide bonds. The van der Waals surface area contributed by atoms with E-state index >= 15 is 0 Å². The minimum absolute atomic E-state index is 0.0879. The van der Waals surface area contributed by atoms with E-state index < -0.39 is 48.9 Å². The molecule has 210 valence electrons. The minimum Gasteiger partial charge on any atom is -0.343 e. The molecule has 4 atom stereocenters. The van der Waals surface area contributed by atoms with E-state index in [1.165, 1.54) is 18.2 Å². The highest BCUT2D eigenvalue weighted by Gasteiger charge is 2.43. The maximum Gasteiger partial charge on any atom is 0.391 e. The smallest absolute Gasteiger partial charge is 0.343 e. The zero-order valence-corrected chi connectivity index (χ0v) is 21.8. The van der Waals surface area contributed by atoms with Gasteiger partial charge < -0.3 is 10.2 Å². The van der Waals surface area contributed by atoms with Crippen molar-refractivity contribution in [2.24, 2.45) is 5.92 Å². The number of nitrogens with one attached hydrogen (secondary N) is 3. The van der Waals surface area contributed by atoms with Crippen molar-refractivity contribution in [2.75, 3.05) is 6.54 Å². The first kappa shape index (κ1) is 28.5. The van der Waals surface area contributed by atoms with Crippen LogP contribution in [0.25, 0.3) is 0 Å². The van der Waals surface area contributed by atoms with Gasteiger partial charge in [-0.15, -0.1) is 0 Å². The first-order valence-corrected chi connectivity index (χ1v) is 13.0. The van der Waals surface area contributed by atoms with Crippen molar-refractivity contribution in [3.8, 4) is 0 Å². The van der Waals surface area contributed by atoms with Crippen molar-refractivity contribution in [1.29, 1.82) is 0 Å². The van der Waals surface area contributed by atoms with Crippen LogP contribution in [0.2, 0.25) is 0 Å². The van der Waals surface area contributed by atoms with E-state index in [1.54, 1.807) is 24.3 Å². The number of carbonyl (C=O) groups is 3. The van der Waals surface area contributed by atoms with Gasteiger partial charge in [-0.2, -0.15) is 13.2 Å². The lowest BCUT2D eigenvalue weighted by Crippen LogP contribution is -2.52. The zero-order chi connectivity index (χ0) is 28.3. The fourth-order valence-electron chi connectivity index (χ4n) is 5.52. The molecule has 2 heterocycles. The number of nitrogens with zero attached hydrogens (tertiary/aromatic N) is 1. The summed E-state index contributed by atoms with van der Waals surface area (Å²) in [5.41, 5.74) is 8.01. The molecule has 2 aliphatic rings. The summed E-state index contributed by atoms with van der Waals surface area (Å²) in [6, 6.07) is 8.85. The first-order valence-electron chi connectivity index (χ1n) is 13.0. The van der Waals surface area contributed by atoms with E-state index in [2.05, 4.69) is 16.2 Å². The minimum atomic E-state index is -4.48. The molecule has 0 saturated carbocycles. The maximum atomic E-state index is 13.8. The molecule has 7 nitrogen and oxygen atoms in total. The molecule has 0 radical (unpaired) electrons. The molecule has 0 aromatic heterocycles. The van der Waals surface area contributed by atoms with Gasteiger partial charge in [0.15, 0.2) is 0 Å². The average molecular weight is 549 g/mol. The highest BCUT2D eigenvalue weighted by atomic mass is 19.4. The van der Waals surface area contributed by atoms with Gasteiger partial charge in [-0.3, -0.25) is 19.8 Å². The van der Waals surface area contributed by atoms with Crippen LogP contribution >= 0.6 is 0 Å². The van der Waals surface area contributed by atoms with E-state index in [0.29, 0.717) is 24.0 Å². The maximum absolute atomic E-state index is 13.8. The molecule has 2 aromatic rings. The Morgan fingerprint density at radius 3 is 2.59 bits per heavy atom. The Balaban J connectivity index is 1.43. The summed E-state index contributed by atoms with van der Waals surface area (Å²) in [5.74, 6) is -2.03. The first-order chi connectivity index (χ1) is 18.4. The van der Waals surface area contributed by atoms with Gasteiger partial charge in [-0.05, 0) is 80.5 Å². The van der Waals surface area contributed by atoms with Gasteiger partial charge in [0.1, 0.15) is 5.82 Å². The molecule has 2 saturated heterocycles. The highest BCUT2D eigenvalue weighted by molar-refractivity contribution is 5.96. The van der Waals surface area contributed by atoms with E-state index in [1.807, 2.05) is 13.8 Å². The third kappa shape index (κ3) is 7.14. The second-order valence-corrected chi connectivity index (χ2v) is 10.4. The number of amides is 3. The van der Waals surface area contributed by atoms with Gasteiger partial charge in [-0.1, -0.05) is 18.2 Å². The van der Waals surface area contributed by atoms with Crippen LogP contribution in [0.3, 0.4) is 0 Å². The molecule has 4 rings (SSSR count). The monoisotopic (exact) mass is 548 g/mol. The average Bonchev–Trinajstić information content (AvgIpc) is 3.27. The van der Waals surface area contributed by atoms with E-state index in [0.717, 1.165) is 16.0 Å². The Morgan fingerprint density at radius 1 is 1.13 bits per heavy atom. The summed E-state index contributed by atoms with van der Waals surface area (Å²) >= 11 is 0. The summed E-state index contributed by atoms with van der Waals surface area (Å²) in [4.78, 5) is 39.3. The number of benzene rings is 2. The number of hydrazine groups is 1. The SMILES string of the molecule is Cc1cc(C(=O)NCC(=O)N2[C@@H](CC(F)(F)F)CC[C@H]2c2cccc(F)c2)ccc1CC1CC(C)NNC1=O. The molecule has 39 heavy (non-hydrogen) atoms. The van der Waals surface area contributed by atoms with Crippen molar-refractivity contribution in [1.82, 2.24) is 21.1 Å². The van der Waals surface area contributed by atoms with Crippen LogP contribution in [0.4, 0.5) is 17.6 Å². The Labute approximate surface area is 224 Å². The second-order valence-electron chi connectivity index (χ2n) is 10.4. The predicted octanol–water partition coefficient (Wildman–Crippen LogP) is 4.12. The molecule has 3 N–H and O–H groups in total. The van der Waals surface area contributed by atoms with Crippen molar-refractivity contribution in [3.05, 3.63) is 70.5 Å². The molecule has 2 unspecified atom stereocenters. The van der Waals surface area contributed by atoms with Crippen LogP contribution in [0.5, 0.6) is 0 Å². The van der Waals surface area contributed by atoms with Gasteiger partial charge in [-0.25, -0.2) is 9.82 Å². The van der Waals surface area contributed by atoms with Gasteiger partial charge in [0.2, 0.25) is 11.8 Å². The summed E-state index contributed by atoms with van der Waals surface area (Å²) < 4.78 is 53.5. The van der Waals surface area contributed by atoms with Crippen LogP contribution in [0.1, 0.15) is 65.7 Å². The molecule has 0 spiro atoms. The summed E-state index contributed by atoms with van der Waals surface area (Å²) in [7, 11) is 0. The van der Waals surface area contributed by atoms with Crippen LogP contribution in [0, 0.1) is 18.7 Å². The number of hydrogen-bond acceptors (Lipinski definition) is 4. The fourth-order valence-corrected chi connectivity index (χ4v) is 5.52. The Bertz CT molecular complexity index is 1240. The number of halogens is 4. The highest BCUT2D eigenvalue weighted by Crippen LogP contribution is 2.40. The lowest BCUT2D eigenvalue weighted by Gasteiger charge is -2.31. The number of likely N-dealkylation sites (tertiary alicyclic amines) is 1. The second kappa shape index (κ2) is 11.7. The van der Waals surface area contributed by atoms with Crippen molar-refractivity contribution in [3.63, 3.8) is 0 Å². The predicted molar refractivity (Wildman–Crippen MR) is 136 cm³/mol. The van der Waals surface area contributed by atoms with Gasteiger partial charge in [0.25, 0.3) is 5.91 Å². The third-order valence-corrected chi connectivity index (χ3v) is 7.41. The summed E-state index contributed by atoms with van der Waals surface area (Å²) in [6.45, 7) is 3.31. The quantitative estimate of drug-likeness (QED) is 0.454. The molecule has 2 aliphatic heterocycles. The third-order valence-electron chi connectivity index (χ3n) is 7.41. The van der Waals surface area contributed by atoms with Crippen molar-refractivity contribution >= 4 is 17.7 Å². The Morgan fingerprint density at radius 2 is 1.90 bits per heavy atom. The standard InChI is InChI=1S/C28H32F4N4O3/c1-16-10-20(7-6-18(16)12-21-11-17(2)34-35-27(21)39)26(38)33-15-25(37)36-23(14-28(30,31)32)8-9-24(36)19-4-3-5-22(29)13-19/h3-7,10,13,17,21,23-24,34H,8-9,11-12,14-15H2,1-2H3,(H,33,38)(H,35,39)/t17?,21?,23-,24+/m1/s1. The number of carbonyl (C=O) groups excluding carboxylic acids is 3. The molecule has 2 aromatic carbocycles. The Kier molecular flexibility index (Phi) is 8.58. The molecule has 0 aliphatic carbocycles. The van der Waals surface area contributed by atoms with Crippen LogP contribution in [0.15, 0.2) is 42.5 Å². The van der Waals surface area contributed by atoms with Crippen molar-refractivity contribution < 1.29 is 31.9 Å². The molecule has 0 bridgehead atoms. The zero-order valence-electron chi connectivity index (χ0n) is 21.8. The largest absolute Gasteiger partial charge is 0.391 e. The summed E-state index contributed by atoms with van der Waals surface area (Å²) in [6.07, 6.45) is -4.07. The lowest BCUT2D eigenvalue weighted by molar-refractivity contribution is -0.153. The summed E-state index contributed by atoms with van der Waals surface area (Å²) in [5, 5.41) is 2.53. The van der Waals surface area contributed by atoms with Crippen LogP contribution in [-0.4, -0.2) is 47.4 Å². The van der Waals surface area contributed by atoms with Crippen LogP contribution < -0.4 is 16.2 Å². The molecule has 11 heteroatoms. The normalized spacial score (nSPS) is 23.4. The number of rotatable bonds is 7. The fraction of sp³-hybridized carbons (Fsp3) is 0.464. The number of alkyl halides is 3.